The van der Waals surface area contributed by atoms with E-state index in [1.54, 1.807) is 18.0 Å². The number of hydrogen-bond donors (Lipinski definition) is 1. The summed E-state index contributed by atoms with van der Waals surface area (Å²) in [4.78, 5) is 13.5. The zero-order valence-electron chi connectivity index (χ0n) is 14.6. The number of rotatable bonds is 4. The van der Waals surface area contributed by atoms with Gasteiger partial charge >= 0.3 is 0 Å². The van der Waals surface area contributed by atoms with Crippen molar-refractivity contribution in [2.45, 2.75) is 18.2 Å². The molecule has 0 spiro atoms. The Hall–Kier alpha value is -2.60. The number of furan rings is 1. The number of thioether (sulfide) groups is 1. The summed E-state index contributed by atoms with van der Waals surface area (Å²) in [6.45, 7) is 3.07. The summed E-state index contributed by atoms with van der Waals surface area (Å²) in [5.74, 6) is 1.28. The number of fused-ring (bicyclic) bond motifs is 2. The first kappa shape index (κ1) is 16.8. The van der Waals surface area contributed by atoms with Gasteiger partial charge in [-0.3, -0.25) is 4.79 Å². The van der Waals surface area contributed by atoms with E-state index in [4.69, 9.17) is 13.9 Å². The third kappa shape index (κ3) is 3.24. The molecule has 26 heavy (non-hydrogen) atoms. The maximum absolute atomic E-state index is 12.6. The third-order valence-electron chi connectivity index (χ3n) is 4.30. The first-order valence-corrected chi connectivity index (χ1v) is 9.61. The summed E-state index contributed by atoms with van der Waals surface area (Å²) in [7, 11) is 0. The van der Waals surface area contributed by atoms with Crippen molar-refractivity contribution < 1.29 is 18.7 Å². The molecule has 4 rings (SSSR count). The number of benzene rings is 2. The lowest BCUT2D eigenvalue weighted by Gasteiger charge is -2.21. The Kier molecular flexibility index (Phi) is 4.51. The van der Waals surface area contributed by atoms with Crippen LogP contribution >= 0.6 is 11.8 Å². The molecule has 2 heterocycles. The summed E-state index contributed by atoms with van der Waals surface area (Å²) >= 11 is 1.55. The van der Waals surface area contributed by atoms with E-state index in [0.717, 1.165) is 38.4 Å². The maximum Gasteiger partial charge on any atom is 0.228 e. The average Bonchev–Trinajstić information content (AvgIpc) is 3.02. The summed E-state index contributed by atoms with van der Waals surface area (Å²) in [5, 5.41) is 3.96. The largest absolute Gasteiger partial charge is 0.486 e. The molecule has 0 atom stereocenters. The van der Waals surface area contributed by atoms with Gasteiger partial charge in [0.05, 0.1) is 18.4 Å². The van der Waals surface area contributed by atoms with Gasteiger partial charge in [-0.05, 0) is 30.9 Å². The lowest BCUT2D eigenvalue weighted by Crippen LogP contribution is -2.18. The van der Waals surface area contributed by atoms with Crippen LogP contribution in [0, 0.1) is 6.92 Å². The zero-order chi connectivity index (χ0) is 18.1. The molecule has 1 amide bonds. The molecule has 0 fully saturated rings. The summed E-state index contributed by atoms with van der Waals surface area (Å²) in [6, 6.07) is 9.73. The Morgan fingerprint density at radius 2 is 1.92 bits per heavy atom. The third-order valence-corrected chi connectivity index (χ3v) is 5.08. The first-order valence-electron chi connectivity index (χ1n) is 8.38. The summed E-state index contributed by atoms with van der Waals surface area (Å²) in [5.41, 5.74) is 3.54. The maximum atomic E-state index is 12.6. The number of carbonyl (C=O) groups is 1. The fourth-order valence-corrected chi connectivity index (χ4v) is 3.59. The standard InChI is InChI=1S/C20H19NO4S/c1-12-3-4-14-13(11-25-16(14)7-12)8-20(22)21-15-9-17-18(10-19(15)26-2)24-6-5-23-17/h3-4,7,9-11H,5-6,8H2,1-2H3,(H,21,22). The number of anilines is 1. The highest BCUT2D eigenvalue weighted by Gasteiger charge is 2.18. The molecule has 134 valence electrons. The van der Waals surface area contributed by atoms with Crippen molar-refractivity contribution in [1.82, 2.24) is 0 Å². The Morgan fingerprint density at radius 1 is 1.15 bits per heavy atom. The van der Waals surface area contributed by atoms with Crippen molar-refractivity contribution in [2.24, 2.45) is 0 Å². The van der Waals surface area contributed by atoms with Gasteiger partial charge in [-0.1, -0.05) is 12.1 Å². The van der Waals surface area contributed by atoms with E-state index in [1.165, 1.54) is 0 Å². The van der Waals surface area contributed by atoms with Crippen LogP contribution in [-0.2, 0) is 11.2 Å². The number of amides is 1. The molecule has 0 saturated heterocycles. The second kappa shape index (κ2) is 6.96. The van der Waals surface area contributed by atoms with Gasteiger partial charge in [0, 0.05) is 21.9 Å². The highest BCUT2D eigenvalue weighted by atomic mass is 32.2. The Balaban J connectivity index is 1.56. The molecule has 1 N–H and O–H groups in total. The van der Waals surface area contributed by atoms with Crippen LogP contribution in [0.25, 0.3) is 11.0 Å². The van der Waals surface area contributed by atoms with Crippen LogP contribution in [0.3, 0.4) is 0 Å². The predicted octanol–water partition coefficient (Wildman–Crippen LogP) is 4.42. The second-order valence-corrected chi connectivity index (χ2v) is 7.03. The van der Waals surface area contributed by atoms with Crippen LogP contribution in [0.1, 0.15) is 11.1 Å². The van der Waals surface area contributed by atoms with Crippen LogP contribution in [-0.4, -0.2) is 25.4 Å². The summed E-state index contributed by atoms with van der Waals surface area (Å²) in [6.07, 6.45) is 3.87. The van der Waals surface area contributed by atoms with Crippen LogP contribution < -0.4 is 14.8 Å². The highest BCUT2D eigenvalue weighted by Crippen LogP contribution is 2.39. The lowest BCUT2D eigenvalue weighted by atomic mass is 10.1. The number of aryl methyl sites for hydroxylation is 1. The molecule has 6 heteroatoms. The van der Waals surface area contributed by atoms with E-state index in [-0.39, 0.29) is 12.3 Å². The molecule has 5 nitrogen and oxygen atoms in total. The minimum atomic E-state index is -0.0970. The van der Waals surface area contributed by atoms with Crippen molar-refractivity contribution in [3.05, 3.63) is 47.7 Å². The molecule has 1 aromatic heterocycles. The van der Waals surface area contributed by atoms with E-state index in [0.29, 0.717) is 19.0 Å². The molecular formula is C20H19NO4S. The molecule has 0 bridgehead atoms. The van der Waals surface area contributed by atoms with Crippen LogP contribution in [0.15, 0.2) is 45.9 Å². The fraction of sp³-hybridized carbons (Fsp3) is 0.250. The Labute approximate surface area is 155 Å². The summed E-state index contributed by atoms with van der Waals surface area (Å²) < 4.78 is 16.8. The SMILES string of the molecule is CSc1cc2c(cc1NC(=O)Cc1coc3cc(C)ccc13)OCCO2. The van der Waals surface area contributed by atoms with Gasteiger partial charge < -0.3 is 19.2 Å². The van der Waals surface area contributed by atoms with Crippen LogP contribution in [0.4, 0.5) is 5.69 Å². The van der Waals surface area contributed by atoms with Gasteiger partial charge in [0.25, 0.3) is 0 Å². The normalized spacial score (nSPS) is 13.0. The molecule has 0 saturated carbocycles. The van der Waals surface area contributed by atoms with Crippen molar-refractivity contribution in [3.63, 3.8) is 0 Å². The molecule has 0 aliphatic carbocycles. The van der Waals surface area contributed by atoms with E-state index in [1.807, 2.05) is 43.5 Å². The van der Waals surface area contributed by atoms with Crippen LogP contribution in [0.5, 0.6) is 11.5 Å². The highest BCUT2D eigenvalue weighted by molar-refractivity contribution is 7.98. The lowest BCUT2D eigenvalue weighted by molar-refractivity contribution is -0.115. The molecule has 2 aromatic carbocycles. The van der Waals surface area contributed by atoms with E-state index < -0.39 is 0 Å². The number of hydrogen-bond acceptors (Lipinski definition) is 5. The minimum absolute atomic E-state index is 0.0970. The monoisotopic (exact) mass is 369 g/mol. The van der Waals surface area contributed by atoms with Gasteiger partial charge in [-0.15, -0.1) is 11.8 Å². The molecule has 1 aliphatic heterocycles. The molecule has 1 aliphatic rings. The van der Waals surface area contributed by atoms with E-state index in [2.05, 4.69) is 5.32 Å². The van der Waals surface area contributed by atoms with Gasteiger partial charge in [0.1, 0.15) is 18.8 Å². The predicted molar refractivity (Wildman–Crippen MR) is 102 cm³/mol. The number of ether oxygens (including phenoxy) is 2. The number of carbonyl (C=O) groups excluding carboxylic acids is 1. The molecular weight excluding hydrogens is 350 g/mol. The van der Waals surface area contributed by atoms with Crippen LogP contribution in [0.2, 0.25) is 0 Å². The average molecular weight is 369 g/mol. The van der Waals surface area contributed by atoms with E-state index in [9.17, 15) is 4.79 Å². The van der Waals surface area contributed by atoms with Gasteiger partial charge in [-0.2, -0.15) is 0 Å². The second-order valence-electron chi connectivity index (χ2n) is 6.18. The fourth-order valence-electron chi connectivity index (χ4n) is 3.03. The van der Waals surface area contributed by atoms with Gasteiger partial charge in [0.2, 0.25) is 5.91 Å². The smallest absolute Gasteiger partial charge is 0.228 e. The Bertz CT molecular complexity index is 979. The molecule has 3 aromatic rings. The molecule has 0 radical (unpaired) electrons. The Morgan fingerprint density at radius 3 is 2.69 bits per heavy atom. The minimum Gasteiger partial charge on any atom is -0.486 e. The van der Waals surface area contributed by atoms with Gasteiger partial charge in [-0.25, -0.2) is 0 Å². The van der Waals surface area contributed by atoms with Crippen molar-refractivity contribution in [3.8, 4) is 11.5 Å². The zero-order valence-corrected chi connectivity index (χ0v) is 15.4. The first-order chi connectivity index (χ1) is 12.6. The van der Waals surface area contributed by atoms with Crippen molar-refractivity contribution in [2.75, 3.05) is 24.8 Å². The molecule has 0 unspecified atom stereocenters. The topological polar surface area (TPSA) is 60.7 Å². The number of nitrogens with one attached hydrogen (secondary N) is 1. The van der Waals surface area contributed by atoms with Gasteiger partial charge in [0.15, 0.2) is 11.5 Å². The van der Waals surface area contributed by atoms with E-state index >= 15 is 0 Å². The van der Waals surface area contributed by atoms with Crippen molar-refractivity contribution >= 4 is 34.3 Å². The van der Waals surface area contributed by atoms with Crippen molar-refractivity contribution in [1.29, 1.82) is 0 Å². The quantitative estimate of drug-likeness (QED) is 0.690.